The Morgan fingerprint density at radius 1 is 1.30 bits per heavy atom. The maximum Gasteiger partial charge on any atom is 0.355 e. The van der Waals surface area contributed by atoms with Crippen molar-refractivity contribution in [1.82, 2.24) is 24.3 Å². The van der Waals surface area contributed by atoms with E-state index in [1.54, 1.807) is 17.9 Å². The number of aryl methyl sites for hydroxylation is 2. The van der Waals surface area contributed by atoms with Gasteiger partial charge < -0.3 is 5.11 Å². The molecule has 1 saturated carbocycles. The van der Waals surface area contributed by atoms with Crippen molar-refractivity contribution in [2.75, 3.05) is 0 Å². The first kappa shape index (κ1) is 15.7. The van der Waals surface area contributed by atoms with Gasteiger partial charge in [-0.2, -0.15) is 10.2 Å². The van der Waals surface area contributed by atoms with Crippen molar-refractivity contribution in [1.29, 1.82) is 0 Å². The Morgan fingerprint density at radius 2 is 1.96 bits per heavy atom. The highest BCUT2D eigenvalue weighted by atomic mass is 32.2. The molecule has 0 atom stereocenters. The number of aromatic carboxylic acids is 1. The van der Waals surface area contributed by atoms with Crippen LogP contribution in [0.1, 0.15) is 40.5 Å². The molecule has 2 heterocycles. The van der Waals surface area contributed by atoms with Gasteiger partial charge in [0.2, 0.25) is 10.0 Å². The Hall–Kier alpha value is -2.20. The molecular formula is C13H17N5O4S. The number of aromatic nitrogens is 4. The lowest BCUT2D eigenvalue weighted by atomic mass is 10.1. The van der Waals surface area contributed by atoms with Crippen LogP contribution in [-0.4, -0.2) is 39.1 Å². The van der Waals surface area contributed by atoms with E-state index in [4.69, 9.17) is 5.11 Å². The molecule has 3 rings (SSSR count). The molecule has 2 aromatic rings. The van der Waals surface area contributed by atoms with Gasteiger partial charge in [-0.3, -0.25) is 9.36 Å². The SMILES string of the molecule is Cn1ncc(C2CC2)c1CNS(=O)(=O)c1cnn(C)c1C(=O)O. The van der Waals surface area contributed by atoms with Crippen molar-refractivity contribution < 1.29 is 18.3 Å². The minimum Gasteiger partial charge on any atom is -0.476 e. The van der Waals surface area contributed by atoms with E-state index in [-0.39, 0.29) is 17.1 Å². The second kappa shape index (κ2) is 5.46. The molecule has 0 saturated heterocycles. The lowest BCUT2D eigenvalue weighted by molar-refractivity contribution is 0.0680. The summed E-state index contributed by atoms with van der Waals surface area (Å²) in [6.45, 7) is 0.0542. The summed E-state index contributed by atoms with van der Waals surface area (Å²) in [4.78, 5) is 10.9. The molecule has 0 radical (unpaired) electrons. The molecule has 0 unspecified atom stereocenters. The van der Waals surface area contributed by atoms with Gasteiger partial charge in [0.15, 0.2) is 5.69 Å². The summed E-state index contributed by atoms with van der Waals surface area (Å²) in [5.41, 5.74) is 1.46. The summed E-state index contributed by atoms with van der Waals surface area (Å²) < 4.78 is 29.9. The number of nitrogens with one attached hydrogen (secondary N) is 1. The summed E-state index contributed by atoms with van der Waals surface area (Å²) in [7, 11) is -0.849. The van der Waals surface area contributed by atoms with E-state index < -0.39 is 16.0 Å². The van der Waals surface area contributed by atoms with Gasteiger partial charge in [0.05, 0.1) is 24.6 Å². The van der Waals surface area contributed by atoms with Gasteiger partial charge in [-0.1, -0.05) is 0 Å². The van der Waals surface area contributed by atoms with Gasteiger partial charge in [-0.05, 0) is 24.3 Å². The van der Waals surface area contributed by atoms with Gasteiger partial charge in [-0.25, -0.2) is 17.9 Å². The normalized spacial score (nSPS) is 15.0. The minimum absolute atomic E-state index is 0.0542. The number of sulfonamides is 1. The standard InChI is InChI=1S/C13H17N5O4S/c1-17-10(9(5-14-17)8-3-4-8)6-16-23(21,22)11-7-15-18(2)12(11)13(19)20/h5,7-8,16H,3-4,6H2,1-2H3,(H,19,20). The topological polar surface area (TPSA) is 119 Å². The highest BCUT2D eigenvalue weighted by Crippen LogP contribution is 2.41. The first-order valence-corrected chi connectivity index (χ1v) is 8.55. The van der Waals surface area contributed by atoms with Crippen molar-refractivity contribution in [3.8, 4) is 0 Å². The number of carboxylic acid groups (broad SMARTS) is 1. The van der Waals surface area contributed by atoms with E-state index in [0.717, 1.165) is 35.0 Å². The summed E-state index contributed by atoms with van der Waals surface area (Å²) in [5.74, 6) is -0.902. The Kier molecular flexibility index (Phi) is 3.72. The Morgan fingerprint density at radius 3 is 2.57 bits per heavy atom. The second-order valence-electron chi connectivity index (χ2n) is 5.56. The van der Waals surface area contributed by atoms with Crippen LogP contribution in [0.3, 0.4) is 0 Å². The molecule has 1 fully saturated rings. The molecule has 0 amide bonds. The highest BCUT2D eigenvalue weighted by Gasteiger charge is 2.30. The molecule has 1 aliphatic rings. The molecule has 10 heteroatoms. The molecule has 124 valence electrons. The van der Waals surface area contributed by atoms with Gasteiger partial charge >= 0.3 is 5.97 Å². The van der Waals surface area contributed by atoms with Crippen LogP contribution in [-0.2, 0) is 30.7 Å². The van der Waals surface area contributed by atoms with Crippen LogP contribution in [0.25, 0.3) is 0 Å². The van der Waals surface area contributed by atoms with Crippen molar-refractivity contribution >= 4 is 16.0 Å². The fourth-order valence-corrected chi connectivity index (χ4v) is 3.67. The van der Waals surface area contributed by atoms with E-state index in [0.29, 0.717) is 5.92 Å². The van der Waals surface area contributed by atoms with Crippen molar-refractivity contribution in [2.45, 2.75) is 30.2 Å². The van der Waals surface area contributed by atoms with Crippen LogP contribution in [0.2, 0.25) is 0 Å². The Balaban J connectivity index is 1.85. The summed E-state index contributed by atoms with van der Waals surface area (Å²) in [6, 6.07) is 0. The average Bonchev–Trinajstić information content (AvgIpc) is 3.13. The van der Waals surface area contributed by atoms with Gasteiger partial charge in [0.25, 0.3) is 0 Å². The first-order chi connectivity index (χ1) is 10.8. The van der Waals surface area contributed by atoms with Crippen LogP contribution >= 0.6 is 0 Å². The summed E-state index contributed by atoms with van der Waals surface area (Å²) >= 11 is 0. The minimum atomic E-state index is -3.99. The smallest absolute Gasteiger partial charge is 0.355 e. The zero-order chi connectivity index (χ0) is 16.8. The third-order valence-electron chi connectivity index (χ3n) is 3.94. The Labute approximate surface area is 133 Å². The first-order valence-electron chi connectivity index (χ1n) is 7.07. The number of carboxylic acids is 1. The zero-order valence-corrected chi connectivity index (χ0v) is 13.5. The van der Waals surface area contributed by atoms with Crippen LogP contribution in [0.5, 0.6) is 0 Å². The van der Waals surface area contributed by atoms with Crippen LogP contribution < -0.4 is 4.72 Å². The quantitative estimate of drug-likeness (QED) is 0.776. The van der Waals surface area contributed by atoms with E-state index >= 15 is 0 Å². The largest absolute Gasteiger partial charge is 0.476 e. The van der Waals surface area contributed by atoms with Gasteiger partial charge in [0, 0.05) is 14.1 Å². The molecule has 0 spiro atoms. The number of hydrogen-bond donors (Lipinski definition) is 2. The molecular weight excluding hydrogens is 322 g/mol. The van der Waals surface area contributed by atoms with Crippen LogP contribution in [0.15, 0.2) is 17.3 Å². The number of rotatable bonds is 6. The zero-order valence-electron chi connectivity index (χ0n) is 12.7. The summed E-state index contributed by atoms with van der Waals surface area (Å²) in [5, 5.41) is 17.0. The summed E-state index contributed by atoms with van der Waals surface area (Å²) in [6.07, 6.45) is 4.96. The van der Waals surface area contributed by atoms with Crippen molar-refractivity contribution in [3.05, 3.63) is 29.3 Å². The van der Waals surface area contributed by atoms with Gasteiger partial charge in [0.1, 0.15) is 4.90 Å². The Bertz CT molecular complexity index is 863. The lowest BCUT2D eigenvalue weighted by Crippen LogP contribution is -2.26. The molecule has 9 nitrogen and oxygen atoms in total. The predicted octanol–water partition coefficient (Wildman–Crippen LogP) is 0.208. The van der Waals surface area contributed by atoms with Crippen LogP contribution in [0, 0.1) is 0 Å². The second-order valence-corrected chi connectivity index (χ2v) is 7.29. The maximum atomic E-state index is 12.4. The molecule has 0 aliphatic heterocycles. The molecule has 2 aromatic heterocycles. The monoisotopic (exact) mass is 339 g/mol. The number of nitrogens with zero attached hydrogens (tertiary/aromatic N) is 4. The van der Waals surface area contributed by atoms with Gasteiger partial charge in [-0.15, -0.1) is 0 Å². The third-order valence-corrected chi connectivity index (χ3v) is 5.34. The number of carbonyl (C=O) groups is 1. The molecule has 23 heavy (non-hydrogen) atoms. The molecule has 0 aromatic carbocycles. The molecule has 2 N–H and O–H groups in total. The average molecular weight is 339 g/mol. The highest BCUT2D eigenvalue weighted by molar-refractivity contribution is 7.89. The van der Waals surface area contributed by atoms with E-state index in [9.17, 15) is 13.2 Å². The van der Waals surface area contributed by atoms with Crippen molar-refractivity contribution in [2.24, 2.45) is 14.1 Å². The predicted molar refractivity (Wildman–Crippen MR) is 79.4 cm³/mol. The molecule has 1 aliphatic carbocycles. The van der Waals surface area contributed by atoms with Crippen LogP contribution in [0.4, 0.5) is 0 Å². The molecule has 0 bridgehead atoms. The third kappa shape index (κ3) is 2.86. The maximum absolute atomic E-state index is 12.4. The number of hydrogen-bond acceptors (Lipinski definition) is 5. The van der Waals surface area contributed by atoms with E-state index in [1.807, 2.05) is 0 Å². The van der Waals surface area contributed by atoms with E-state index in [2.05, 4.69) is 14.9 Å². The fourth-order valence-electron chi connectivity index (χ4n) is 2.53. The van der Waals surface area contributed by atoms with Crippen molar-refractivity contribution in [3.63, 3.8) is 0 Å². The lowest BCUT2D eigenvalue weighted by Gasteiger charge is -2.09. The fraction of sp³-hybridized carbons (Fsp3) is 0.462. The van der Waals surface area contributed by atoms with E-state index in [1.165, 1.54) is 7.05 Å².